The van der Waals surface area contributed by atoms with Crippen LogP contribution in [0.2, 0.25) is 0 Å². The predicted molar refractivity (Wildman–Crippen MR) is 72.5 cm³/mol. The van der Waals surface area contributed by atoms with Crippen molar-refractivity contribution >= 4 is 21.9 Å². The molecule has 0 spiro atoms. The highest BCUT2D eigenvalue weighted by molar-refractivity contribution is 9.10. The van der Waals surface area contributed by atoms with Gasteiger partial charge in [-0.25, -0.2) is 4.98 Å². The summed E-state index contributed by atoms with van der Waals surface area (Å²) in [5.74, 6) is 1.10. The number of nitrogens with one attached hydrogen (secondary N) is 1. The molecule has 0 bridgehead atoms. The van der Waals surface area contributed by atoms with Gasteiger partial charge in [0.05, 0.1) is 17.8 Å². The first-order valence-corrected chi connectivity index (χ1v) is 6.14. The summed E-state index contributed by atoms with van der Waals surface area (Å²) in [6.07, 6.45) is 1.68. The number of anilines is 1. The molecule has 0 aliphatic carbocycles. The first-order valence-electron chi connectivity index (χ1n) is 5.34. The number of rotatable bonds is 5. The highest BCUT2D eigenvalue weighted by Crippen LogP contribution is 2.22. The van der Waals surface area contributed by atoms with Crippen molar-refractivity contribution in [3.8, 4) is 5.88 Å². The number of methoxy groups -OCH3 is 1. The maximum Gasteiger partial charge on any atom is 0.232 e. The van der Waals surface area contributed by atoms with Gasteiger partial charge in [-0.3, -0.25) is 0 Å². The summed E-state index contributed by atoms with van der Waals surface area (Å²) in [5.41, 5.74) is 0.0314. The van der Waals surface area contributed by atoms with E-state index >= 15 is 0 Å². The number of hydrogen-bond donors (Lipinski definition) is 1. The SMILES string of the molecule is COc1nc(NCC(C)(C)N(C)C)ncc1Br. The summed E-state index contributed by atoms with van der Waals surface area (Å²) in [6.45, 7) is 5.05. The summed E-state index contributed by atoms with van der Waals surface area (Å²) in [6, 6.07) is 0. The molecule has 0 amide bonds. The van der Waals surface area contributed by atoms with Gasteiger partial charge in [0.15, 0.2) is 0 Å². The molecule has 0 fully saturated rings. The molecule has 0 saturated heterocycles. The Hall–Kier alpha value is -0.880. The molecule has 1 aromatic heterocycles. The van der Waals surface area contributed by atoms with Gasteiger partial charge in [-0.05, 0) is 43.9 Å². The normalized spacial score (nSPS) is 11.7. The van der Waals surface area contributed by atoms with Gasteiger partial charge >= 0.3 is 0 Å². The Balaban J connectivity index is 2.70. The molecule has 5 nitrogen and oxygen atoms in total. The van der Waals surface area contributed by atoms with Crippen molar-refractivity contribution in [3.63, 3.8) is 0 Å². The average Bonchev–Trinajstić information content (AvgIpc) is 2.28. The van der Waals surface area contributed by atoms with Gasteiger partial charge in [0.25, 0.3) is 0 Å². The number of nitrogens with zero attached hydrogens (tertiary/aromatic N) is 3. The maximum atomic E-state index is 5.12. The molecule has 6 heteroatoms. The Morgan fingerprint density at radius 3 is 2.65 bits per heavy atom. The number of aromatic nitrogens is 2. The zero-order valence-corrected chi connectivity index (χ0v) is 12.5. The lowest BCUT2D eigenvalue weighted by molar-refractivity contribution is 0.209. The summed E-state index contributed by atoms with van der Waals surface area (Å²) in [7, 11) is 5.68. The van der Waals surface area contributed by atoms with Gasteiger partial charge in [-0.15, -0.1) is 0 Å². The van der Waals surface area contributed by atoms with E-state index in [1.807, 2.05) is 14.1 Å². The summed E-state index contributed by atoms with van der Waals surface area (Å²) >= 11 is 3.32. The van der Waals surface area contributed by atoms with Crippen LogP contribution in [0.25, 0.3) is 0 Å². The van der Waals surface area contributed by atoms with Gasteiger partial charge < -0.3 is 15.0 Å². The van der Waals surface area contributed by atoms with E-state index in [4.69, 9.17) is 4.74 Å². The molecule has 0 radical (unpaired) electrons. The predicted octanol–water partition coefficient (Wildman–Crippen LogP) is 2.00. The van der Waals surface area contributed by atoms with Gasteiger partial charge in [0.1, 0.15) is 0 Å². The summed E-state index contributed by atoms with van der Waals surface area (Å²) in [4.78, 5) is 10.6. The smallest absolute Gasteiger partial charge is 0.232 e. The minimum Gasteiger partial charge on any atom is -0.480 e. The van der Waals surface area contributed by atoms with E-state index in [1.54, 1.807) is 13.3 Å². The summed E-state index contributed by atoms with van der Waals surface area (Å²) < 4.78 is 5.86. The van der Waals surface area contributed by atoms with Crippen molar-refractivity contribution in [1.29, 1.82) is 0 Å². The number of ether oxygens (including phenoxy) is 1. The highest BCUT2D eigenvalue weighted by Gasteiger charge is 2.20. The Morgan fingerprint density at radius 1 is 1.47 bits per heavy atom. The second-order valence-corrected chi connectivity index (χ2v) is 5.47. The van der Waals surface area contributed by atoms with Crippen LogP contribution in [-0.4, -0.2) is 48.2 Å². The fourth-order valence-electron chi connectivity index (χ4n) is 1.03. The molecule has 0 unspecified atom stereocenters. The van der Waals surface area contributed by atoms with E-state index in [9.17, 15) is 0 Å². The number of hydrogen-bond acceptors (Lipinski definition) is 5. The molecule has 1 heterocycles. The maximum absolute atomic E-state index is 5.12. The third kappa shape index (κ3) is 3.81. The van der Waals surface area contributed by atoms with E-state index in [0.29, 0.717) is 11.8 Å². The molecule has 1 N–H and O–H groups in total. The van der Waals surface area contributed by atoms with Crippen LogP contribution in [0.3, 0.4) is 0 Å². The van der Waals surface area contributed by atoms with Crippen LogP contribution in [-0.2, 0) is 0 Å². The molecule has 17 heavy (non-hydrogen) atoms. The molecular weight excluding hydrogens is 284 g/mol. The molecule has 1 rings (SSSR count). The first-order chi connectivity index (χ1) is 7.86. The van der Waals surface area contributed by atoms with Crippen molar-refractivity contribution in [2.75, 3.05) is 33.1 Å². The Labute approximate surface area is 111 Å². The second-order valence-electron chi connectivity index (χ2n) is 4.61. The zero-order chi connectivity index (χ0) is 13.1. The lowest BCUT2D eigenvalue weighted by Crippen LogP contribution is -2.44. The van der Waals surface area contributed by atoms with Crippen molar-refractivity contribution in [1.82, 2.24) is 14.9 Å². The highest BCUT2D eigenvalue weighted by atomic mass is 79.9. The molecule has 96 valence electrons. The van der Waals surface area contributed by atoms with Crippen molar-refractivity contribution in [2.45, 2.75) is 19.4 Å². The molecule has 0 aliphatic heterocycles. The van der Waals surface area contributed by atoms with Gasteiger partial charge in [-0.2, -0.15) is 4.98 Å². The standard InChI is InChI=1S/C11H19BrN4O/c1-11(2,16(3)4)7-14-10-13-6-8(12)9(15-10)17-5/h6H,7H2,1-5H3,(H,13,14,15). The van der Waals surface area contributed by atoms with Crippen LogP contribution < -0.4 is 10.1 Å². The van der Waals surface area contributed by atoms with Crippen LogP contribution in [0.15, 0.2) is 10.7 Å². The Kier molecular flexibility index (Phi) is 4.70. The topological polar surface area (TPSA) is 50.3 Å². The summed E-state index contributed by atoms with van der Waals surface area (Å²) in [5, 5.41) is 3.20. The first kappa shape index (κ1) is 14.2. The average molecular weight is 303 g/mol. The van der Waals surface area contributed by atoms with Gasteiger partial charge in [0, 0.05) is 12.1 Å². The van der Waals surface area contributed by atoms with E-state index in [2.05, 4.69) is 50.0 Å². The molecular formula is C11H19BrN4O. The largest absolute Gasteiger partial charge is 0.480 e. The van der Waals surface area contributed by atoms with Crippen molar-refractivity contribution < 1.29 is 4.74 Å². The van der Waals surface area contributed by atoms with Crippen molar-refractivity contribution in [3.05, 3.63) is 10.7 Å². The minimum absolute atomic E-state index is 0.0314. The monoisotopic (exact) mass is 302 g/mol. The Bertz CT molecular complexity index is 382. The lowest BCUT2D eigenvalue weighted by Gasteiger charge is -2.32. The lowest BCUT2D eigenvalue weighted by atomic mass is 10.1. The van der Waals surface area contributed by atoms with Crippen LogP contribution >= 0.6 is 15.9 Å². The molecule has 0 aliphatic rings. The molecule has 0 atom stereocenters. The van der Waals surface area contributed by atoms with Crippen LogP contribution in [0.5, 0.6) is 5.88 Å². The molecule has 0 aromatic carbocycles. The van der Waals surface area contributed by atoms with Crippen LogP contribution in [0, 0.1) is 0 Å². The minimum atomic E-state index is 0.0314. The van der Waals surface area contributed by atoms with E-state index in [0.717, 1.165) is 11.0 Å². The van der Waals surface area contributed by atoms with Crippen LogP contribution in [0.1, 0.15) is 13.8 Å². The van der Waals surface area contributed by atoms with E-state index in [-0.39, 0.29) is 5.54 Å². The van der Waals surface area contributed by atoms with Gasteiger partial charge in [0.2, 0.25) is 11.8 Å². The van der Waals surface area contributed by atoms with Gasteiger partial charge in [-0.1, -0.05) is 0 Å². The third-order valence-electron chi connectivity index (χ3n) is 2.80. The third-order valence-corrected chi connectivity index (χ3v) is 3.34. The zero-order valence-electron chi connectivity index (χ0n) is 10.9. The second kappa shape index (κ2) is 5.64. The van der Waals surface area contributed by atoms with Crippen LogP contribution in [0.4, 0.5) is 5.95 Å². The Morgan fingerprint density at radius 2 is 2.12 bits per heavy atom. The fourth-order valence-corrected chi connectivity index (χ4v) is 1.39. The van der Waals surface area contributed by atoms with E-state index in [1.165, 1.54) is 0 Å². The fraction of sp³-hybridized carbons (Fsp3) is 0.636. The number of likely N-dealkylation sites (N-methyl/N-ethyl adjacent to an activating group) is 1. The number of halogens is 1. The van der Waals surface area contributed by atoms with Crippen molar-refractivity contribution in [2.24, 2.45) is 0 Å². The molecule has 0 saturated carbocycles. The molecule has 1 aromatic rings. The quantitative estimate of drug-likeness (QED) is 0.901. The van der Waals surface area contributed by atoms with E-state index < -0.39 is 0 Å².